The summed E-state index contributed by atoms with van der Waals surface area (Å²) in [6, 6.07) is 0. The molecule has 0 saturated carbocycles. The summed E-state index contributed by atoms with van der Waals surface area (Å²) in [5, 5.41) is 0. The lowest BCUT2D eigenvalue weighted by molar-refractivity contribution is 1.65. The Hall–Kier alpha value is 0.828. The van der Waals surface area contributed by atoms with Gasteiger partial charge in [0.05, 0.1) is 18.4 Å². The van der Waals surface area contributed by atoms with Crippen LogP contribution in [0.2, 0.25) is 0 Å². The van der Waals surface area contributed by atoms with Gasteiger partial charge in [0.2, 0.25) is 0 Å². The summed E-state index contributed by atoms with van der Waals surface area (Å²) in [5.74, 6) is 0. The van der Waals surface area contributed by atoms with E-state index in [4.69, 9.17) is 0 Å². The summed E-state index contributed by atoms with van der Waals surface area (Å²) < 4.78 is 3.51. The van der Waals surface area contributed by atoms with E-state index in [1.165, 1.54) is 19.5 Å². The van der Waals surface area contributed by atoms with Crippen LogP contribution in [0, 0.1) is 0 Å². The standard InChI is InChI=1S/H11NSi4/c2-4-1-5-3/h1H,4-5H2,2-3H3. The predicted octanol–water partition coefficient (Wildman–Crippen LogP) is -4.70. The van der Waals surface area contributed by atoms with E-state index >= 15 is 0 Å². The molecule has 0 unspecified atom stereocenters. The maximum Gasteiger partial charge on any atom is 0.0643 e. The Kier molecular flexibility index (Phi) is 5.63. The van der Waals surface area contributed by atoms with Crippen LogP contribution in [-0.4, -0.2) is 37.9 Å². The zero-order valence-corrected chi connectivity index (χ0v) is 10.7. The minimum atomic E-state index is 0.399. The van der Waals surface area contributed by atoms with Crippen molar-refractivity contribution in [2.24, 2.45) is 0 Å². The first-order chi connectivity index (χ1) is 2.41. The molecule has 5 heavy (non-hydrogen) atoms. The fourth-order valence-electron chi connectivity index (χ4n) is 0.250. The number of nitrogens with one attached hydrogen (secondary N) is 1. The van der Waals surface area contributed by atoms with Crippen LogP contribution in [0.4, 0.5) is 0 Å². The van der Waals surface area contributed by atoms with Gasteiger partial charge in [-0.05, 0) is 0 Å². The normalized spacial score (nSPS) is 14.4. The number of hydrogen-bond acceptors (Lipinski definition) is 1. The molecule has 0 bridgehead atoms. The van der Waals surface area contributed by atoms with Crippen LogP contribution >= 0.6 is 0 Å². The van der Waals surface area contributed by atoms with Gasteiger partial charge in [-0.3, -0.25) is 0 Å². The lowest BCUT2D eigenvalue weighted by Gasteiger charge is -1.84. The Morgan fingerprint density at radius 3 is 1.60 bits per heavy atom. The second-order valence-electron chi connectivity index (χ2n) is 0.957. The summed E-state index contributed by atoms with van der Waals surface area (Å²) in [7, 11) is 3.77. The molecule has 0 heterocycles. The van der Waals surface area contributed by atoms with Crippen molar-refractivity contribution in [2.75, 3.05) is 0 Å². The molecule has 0 aromatic rings. The first-order valence-electron chi connectivity index (χ1n) is 2.12. The Balaban J connectivity index is 2.19. The molecule has 32 valence electrons. The van der Waals surface area contributed by atoms with Crippen LogP contribution in [0.25, 0.3) is 0 Å². The molecule has 5 heteroatoms. The molecule has 0 aromatic carbocycles. The van der Waals surface area contributed by atoms with Gasteiger partial charge >= 0.3 is 0 Å². The predicted molar refractivity (Wildman–Crippen MR) is 40.1 cm³/mol. The van der Waals surface area contributed by atoms with Crippen molar-refractivity contribution in [3.63, 3.8) is 0 Å². The van der Waals surface area contributed by atoms with Crippen molar-refractivity contribution in [3.8, 4) is 0 Å². The van der Waals surface area contributed by atoms with E-state index in [-0.39, 0.29) is 0 Å². The molecule has 1 nitrogen and oxygen atoms in total. The van der Waals surface area contributed by atoms with Crippen LogP contribution < -0.4 is 4.65 Å². The van der Waals surface area contributed by atoms with E-state index in [9.17, 15) is 0 Å². The molecule has 0 fully saturated rings. The lowest BCUT2D eigenvalue weighted by atomic mass is 13.9. The highest BCUT2D eigenvalue weighted by Crippen LogP contribution is 1.25. The molecule has 0 radical (unpaired) electrons. The average molecular weight is 137 g/mol. The van der Waals surface area contributed by atoms with E-state index in [1.54, 1.807) is 0 Å². The zero-order valence-electron chi connectivity index (χ0n) is 3.91. The molecule has 0 spiro atoms. The van der Waals surface area contributed by atoms with Crippen molar-refractivity contribution >= 4 is 37.9 Å². The maximum atomic E-state index is 3.51. The molecule has 0 atom stereocenters. The van der Waals surface area contributed by atoms with Gasteiger partial charge in [0, 0.05) is 19.5 Å². The highest BCUT2D eigenvalue weighted by Gasteiger charge is 1.66. The molecule has 0 aliphatic rings. The Morgan fingerprint density at radius 1 is 1.20 bits per heavy atom. The highest BCUT2D eigenvalue weighted by molar-refractivity contribution is 6.99. The lowest BCUT2D eigenvalue weighted by Crippen LogP contribution is -2.23. The van der Waals surface area contributed by atoms with Gasteiger partial charge in [0.1, 0.15) is 0 Å². The molecule has 0 saturated heterocycles. The SMILES string of the molecule is [SiH3][SiH2]N[SiH2][SiH3]. The molecule has 0 aliphatic carbocycles. The second kappa shape index (κ2) is 4.83. The molecule has 0 amide bonds. The Bertz CT molecular complexity index is 11.1. The third kappa shape index (κ3) is 4.83. The van der Waals surface area contributed by atoms with E-state index in [0.717, 1.165) is 0 Å². The highest BCUT2D eigenvalue weighted by atomic mass is 29.2. The largest absolute Gasteiger partial charge is 0.374 e. The van der Waals surface area contributed by atoms with Crippen LogP contribution in [-0.2, 0) is 0 Å². The van der Waals surface area contributed by atoms with Gasteiger partial charge in [-0.25, -0.2) is 0 Å². The first kappa shape index (κ1) is 5.83. The smallest absolute Gasteiger partial charge is 0.0643 e. The third-order valence-electron chi connectivity index (χ3n) is 0.500. The van der Waals surface area contributed by atoms with Gasteiger partial charge in [-0.15, -0.1) is 0 Å². The minimum Gasteiger partial charge on any atom is -0.374 e. The molecule has 0 aliphatic heterocycles. The monoisotopic (exact) mass is 137 g/mol. The van der Waals surface area contributed by atoms with Gasteiger partial charge in [0.15, 0.2) is 0 Å². The second-order valence-corrected chi connectivity index (χ2v) is 8.61. The number of rotatable bonds is 2. The molecule has 0 aromatic heterocycles. The summed E-state index contributed by atoms with van der Waals surface area (Å²) in [6.45, 7) is 0. The summed E-state index contributed by atoms with van der Waals surface area (Å²) in [4.78, 5) is 0. The van der Waals surface area contributed by atoms with Crippen molar-refractivity contribution in [3.05, 3.63) is 0 Å². The fraction of sp³-hybridized carbons (Fsp3) is 0. The van der Waals surface area contributed by atoms with E-state index < -0.39 is 0 Å². The fourth-order valence-corrected chi connectivity index (χ4v) is 20.2. The van der Waals surface area contributed by atoms with E-state index in [0.29, 0.717) is 18.4 Å². The van der Waals surface area contributed by atoms with Crippen LogP contribution in [0.3, 0.4) is 0 Å². The molecular weight excluding hydrogens is 126 g/mol. The Labute approximate surface area is 43.2 Å². The first-order valence-corrected chi connectivity index (χ1v) is 14.8. The van der Waals surface area contributed by atoms with Crippen LogP contribution in [0.1, 0.15) is 0 Å². The average Bonchev–Trinajstić information content (AvgIpc) is 1.41. The topological polar surface area (TPSA) is 12.0 Å². The molecule has 0 rings (SSSR count). The van der Waals surface area contributed by atoms with Gasteiger partial charge in [-0.2, -0.15) is 0 Å². The Morgan fingerprint density at radius 2 is 1.60 bits per heavy atom. The van der Waals surface area contributed by atoms with Gasteiger partial charge in [-0.1, -0.05) is 0 Å². The van der Waals surface area contributed by atoms with E-state index in [1.807, 2.05) is 0 Å². The summed E-state index contributed by atoms with van der Waals surface area (Å²) in [5.41, 5.74) is 0. The van der Waals surface area contributed by atoms with Crippen LogP contribution in [0.5, 0.6) is 0 Å². The van der Waals surface area contributed by atoms with Crippen molar-refractivity contribution in [1.82, 2.24) is 4.65 Å². The van der Waals surface area contributed by atoms with Crippen molar-refractivity contribution < 1.29 is 0 Å². The summed E-state index contributed by atoms with van der Waals surface area (Å²) in [6.07, 6.45) is 0. The van der Waals surface area contributed by atoms with E-state index in [2.05, 4.69) is 4.65 Å². The van der Waals surface area contributed by atoms with Crippen molar-refractivity contribution in [1.29, 1.82) is 0 Å². The van der Waals surface area contributed by atoms with Gasteiger partial charge < -0.3 is 4.65 Å². The summed E-state index contributed by atoms with van der Waals surface area (Å²) >= 11 is 0. The van der Waals surface area contributed by atoms with Gasteiger partial charge in [0.25, 0.3) is 0 Å². The number of hydrogen-bond donors (Lipinski definition) is 1. The third-order valence-corrected chi connectivity index (χ3v) is 13.5. The zero-order chi connectivity index (χ0) is 4.12. The molecular formula is H11NSi4. The molecule has 1 N–H and O–H groups in total. The van der Waals surface area contributed by atoms with Crippen molar-refractivity contribution in [2.45, 2.75) is 0 Å². The quantitative estimate of drug-likeness (QED) is 0.377. The minimum absolute atomic E-state index is 0.399. The maximum absolute atomic E-state index is 3.51. The van der Waals surface area contributed by atoms with Crippen LogP contribution in [0.15, 0.2) is 0 Å².